The molecule has 19 heavy (non-hydrogen) atoms. The number of amides is 1. The van der Waals surface area contributed by atoms with Crippen molar-refractivity contribution in [2.24, 2.45) is 5.16 Å². The molecule has 1 N–H and O–H groups in total. The molecule has 0 spiro atoms. The van der Waals surface area contributed by atoms with Gasteiger partial charge in [-0.15, -0.1) is 0 Å². The van der Waals surface area contributed by atoms with Crippen molar-refractivity contribution < 1.29 is 9.63 Å². The van der Waals surface area contributed by atoms with Crippen LogP contribution in [0, 0.1) is 0 Å². The van der Waals surface area contributed by atoms with E-state index in [-0.39, 0.29) is 18.6 Å². The molecular weight excluding hydrogens is 240 g/mol. The van der Waals surface area contributed by atoms with Gasteiger partial charge >= 0.3 is 0 Å². The smallest absolute Gasteiger partial charge is 0.260 e. The van der Waals surface area contributed by atoms with Crippen LogP contribution in [0.1, 0.15) is 26.3 Å². The van der Waals surface area contributed by atoms with Crippen molar-refractivity contribution >= 4 is 17.7 Å². The molecule has 0 fully saturated rings. The molecule has 1 amide bonds. The molecule has 0 atom stereocenters. The molecule has 0 bridgehead atoms. The predicted octanol–water partition coefficient (Wildman–Crippen LogP) is 2.62. The molecule has 0 aromatic heterocycles. The second kappa shape index (κ2) is 8.08. The van der Waals surface area contributed by atoms with E-state index >= 15 is 0 Å². The first-order chi connectivity index (χ1) is 9.08. The summed E-state index contributed by atoms with van der Waals surface area (Å²) in [5, 5.41) is 6.58. The molecule has 1 rings (SSSR count). The Hall–Kier alpha value is -2.10. The molecule has 0 saturated heterocycles. The highest BCUT2D eigenvalue weighted by atomic mass is 16.6. The van der Waals surface area contributed by atoms with Crippen LogP contribution >= 0.6 is 0 Å². The van der Waals surface area contributed by atoms with E-state index in [0.29, 0.717) is 5.71 Å². The first-order valence-electron chi connectivity index (χ1n) is 6.27. The van der Waals surface area contributed by atoms with Gasteiger partial charge in [-0.1, -0.05) is 41.6 Å². The molecule has 0 aliphatic heterocycles. The van der Waals surface area contributed by atoms with Gasteiger partial charge in [-0.2, -0.15) is 0 Å². The lowest BCUT2D eigenvalue weighted by Crippen LogP contribution is -2.32. The minimum absolute atomic E-state index is 0.0608. The van der Waals surface area contributed by atoms with Crippen LogP contribution < -0.4 is 5.32 Å². The summed E-state index contributed by atoms with van der Waals surface area (Å²) in [5.74, 6) is -0.168. The Kier molecular flexibility index (Phi) is 6.36. The number of oxime groups is 1. The van der Waals surface area contributed by atoms with Gasteiger partial charge in [0, 0.05) is 6.04 Å². The molecular formula is C15H20N2O2. The third-order valence-electron chi connectivity index (χ3n) is 2.17. The van der Waals surface area contributed by atoms with Crippen LogP contribution in [-0.4, -0.2) is 24.3 Å². The second-order valence-electron chi connectivity index (χ2n) is 4.47. The summed E-state index contributed by atoms with van der Waals surface area (Å²) < 4.78 is 0. The van der Waals surface area contributed by atoms with Gasteiger partial charge in [0.05, 0.1) is 5.71 Å². The Morgan fingerprint density at radius 3 is 2.68 bits per heavy atom. The van der Waals surface area contributed by atoms with Crippen molar-refractivity contribution in [2.45, 2.75) is 26.8 Å². The number of carbonyl (C=O) groups is 1. The van der Waals surface area contributed by atoms with E-state index in [1.165, 1.54) is 0 Å². The maximum absolute atomic E-state index is 11.3. The van der Waals surface area contributed by atoms with Crippen LogP contribution in [0.25, 0.3) is 6.08 Å². The maximum Gasteiger partial charge on any atom is 0.260 e. The zero-order chi connectivity index (χ0) is 14.1. The highest BCUT2D eigenvalue weighted by Gasteiger charge is 2.02. The SMILES string of the molecule is CC(/C=C/c1ccccc1)=N\OCC(=O)NC(C)C. The fraction of sp³-hybridized carbons (Fsp3) is 0.333. The van der Waals surface area contributed by atoms with E-state index in [9.17, 15) is 4.79 Å². The minimum Gasteiger partial charge on any atom is -0.385 e. The summed E-state index contributed by atoms with van der Waals surface area (Å²) in [6.45, 7) is 5.55. The summed E-state index contributed by atoms with van der Waals surface area (Å²) in [6.07, 6.45) is 3.78. The normalized spacial score (nSPS) is 11.9. The molecule has 4 heteroatoms. The lowest BCUT2D eigenvalue weighted by Gasteiger charge is -2.06. The van der Waals surface area contributed by atoms with Crippen LogP contribution in [0.3, 0.4) is 0 Å². The largest absolute Gasteiger partial charge is 0.385 e. The summed E-state index contributed by atoms with van der Waals surface area (Å²) in [4.78, 5) is 16.3. The van der Waals surface area contributed by atoms with Crippen molar-refractivity contribution in [3.63, 3.8) is 0 Å². The maximum atomic E-state index is 11.3. The Bertz CT molecular complexity index is 450. The van der Waals surface area contributed by atoms with Gasteiger partial charge in [-0.05, 0) is 32.4 Å². The van der Waals surface area contributed by atoms with Crippen molar-refractivity contribution in [1.29, 1.82) is 0 Å². The second-order valence-corrected chi connectivity index (χ2v) is 4.47. The van der Waals surface area contributed by atoms with Crippen LogP contribution in [0.15, 0.2) is 41.6 Å². The van der Waals surface area contributed by atoms with Crippen molar-refractivity contribution in [2.75, 3.05) is 6.61 Å². The number of allylic oxidation sites excluding steroid dienone is 1. The molecule has 0 heterocycles. The van der Waals surface area contributed by atoms with Gasteiger partial charge in [0.15, 0.2) is 6.61 Å². The molecule has 1 aromatic carbocycles. The van der Waals surface area contributed by atoms with E-state index in [2.05, 4.69) is 10.5 Å². The number of nitrogens with zero attached hydrogens (tertiary/aromatic N) is 1. The Labute approximate surface area is 114 Å². The van der Waals surface area contributed by atoms with Gasteiger partial charge < -0.3 is 10.2 Å². The molecule has 102 valence electrons. The third kappa shape index (κ3) is 7.03. The van der Waals surface area contributed by atoms with Crippen LogP contribution in [0.2, 0.25) is 0 Å². The van der Waals surface area contributed by atoms with Gasteiger partial charge in [0.2, 0.25) is 0 Å². The summed E-state index contributed by atoms with van der Waals surface area (Å²) in [5.41, 5.74) is 1.80. The molecule has 1 aromatic rings. The van der Waals surface area contributed by atoms with Gasteiger partial charge in [0.25, 0.3) is 5.91 Å². The standard InChI is InChI=1S/C15H20N2O2/c1-12(2)16-15(18)11-19-17-13(3)9-10-14-7-5-4-6-8-14/h4-10,12H,11H2,1-3H3,(H,16,18)/b10-9+,17-13+. The average Bonchev–Trinajstić information content (AvgIpc) is 2.36. The molecule has 0 unspecified atom stereocenters. The number of hydrogen-bond acceptors (Lipinski definition) is 3. The third-order valence-corrected chi connectivity index (χ3v) is 2.17. The molecule has 0 saturated carbocycles. The van der Waals surface area contributed by atoms with E-state index in [0.717, 1.165) is 5.56 Å². The van der Waals surface area contributed by atoms with Crippen LogP contribution in [0.5, 0.6) is 0 Å². The quantitative estimate of drug-likeness (QED) is 0.631. The number of rotatable bonds is 6. The molecule has 0 radical (unpaired) electrons. The first kappa shape index (κ1) is 15.0. The Morgan fingerprint density at radius 1 is 1.37 bits per heavy atom. The zero-order valence-electron chi connectivity index (χ0n) is 11.6. The number of nitrogens with one attached hydrogen (secondary N) is 1. The lowest BCUT2D eigenvalue weighted by atomic mass is 10.2. The van der Waals surface area contributed by atoms with Crippen molar-refractivity contribution in [3.8, 4) is 0 Å². The number of hydrogen-bond donors (Lipinski definition) is 1. The van der Waals surface area contributed by atoms with Crippen molar-refractivity contribution in [1.82, 2.24) is 5.32 Å². The lowest BCUT2D eigenvalue weighted by molar-refractivity contribution is -0.126. The van der Waals surface area contributed by atoms with E-state index in [1.54, 1.807) is 0 Å². The highest BCUT2D eigenvalue weighted by molar-refractivity contribution is 5.95. The Morgan fingerprint density at radius 2 is 2.05 bits per heavy atom. The monoisotopic (exact) mass is 260 g/mol. The minimum atomic E-state index is -0.168. The summed E-state index contributed by atoms with van der Waals surface area (Å²) >= 11 is 0. The van der Waals surface area contributed by atoms with Gasteiger partial charge in [-0.3, -0.25) is 4.79 Å². The van der Waals surface area contributed by atoms with E-state index in [1.807, 2.05) is 63.3 Å². The fourth-order valence-corrected chi connectivity index (χ4v) is 1.37. The predicted molar refractivity (Wildman–Crippen MR) is 77.8 cm³/mol. The zero-order valence-corrected chi connectivity index (χ0v) is 11.6. The molecule has 4 nitrogen and oxygen atoms in total. The van der Waals surface area contributed by atoms with E-state index < -0.39 is 0 Å². The van der Waals surface area contributed by atoms with Crippen molar-refractivity contribution in [3.05, 3.63) is 42.0 Å². The fourth-order valence-electron chi connectivity index (χ4n) is 1.37. The topological polar surface area (TPSA) is 50.7 Å². The van der Waals surface area contributed by atoms with E-state index in [4.69, 9.17) is 4.84 Å². The van der Waals surface area contributed by atoms with Gasteiger partial charge in [-0.25, -0.2) is 0 Å². The van der Waals surface area contributed by atoms with Gasteiger partial charge in [0.1, 0.15) is 0 Å². The summed E-state index contributed by atoms with van der Waals surface area (Å²) in [6, 6.07) is 10.0. The Balaban J connectivity index is 2.37. The molecule has 0 aliphatic rings. The highest BCUT2D eigenvalue weighted by Crippen LogP contribution is 2.01. The first-order valence-corrected chi connectivity index (χ1v) is 6.27. The molecule has 0 aliphatic carbocycles. The summed E-state index contributed by atoms with van der Waals surface area (Å²) in [7, 11) is 0. The number of benzene rings is 1. The van der Waals surface area contributed by atoms with Crippen LogP contribution in [-0.2, 0) is 9.63 Å². The van der Waals surface area contributed by atoms with Crippen LogP contribution in [0.4, 0.5) is 0 Å². The number of carbonyl (C=O) groups excluding carboxylic acids is 1. The average molecular weight is 260 g/mol.